The van der Waals surface area contributed by atoms with Crippen LogP contribution in [0.1, 0.15) is 25.0 Å². The molecule has 7 aromatic rings. The van der Waals surface area contributed by atoms with Crippen molar-refractivity contribution in [1.82, 2.24) is 4.57 Å². The zero-order chi connectivity index (χ0) is 24.0. The van der Waals surface area contributed by atoms with Gasteiger partial charge in [-0.2, -0.15) is 0 Å². The van der Waals surface area contributed by atoms with Crippen LogP contribution in [0.25, 0.3) is 60.2 Å². The monoisotopic (exact) mass is 459 g/mol. The van der Waals surface area contributed by atoms with E-state index >= 15 is 0 Å². The summed E-state index contributed by atoms with van der Waals surface area (Å²) in [5.41, 5.74) is 9.32. The molecule has 0 amide bonds. The normalized spacial score (nSPS) is 14.1. The first-order valence-corrected chi connectivity index (χ1v) is 12.7. The SMILES string of the molecule is CC1(C)c2ccccc2-c2c1c1ccccc1c1c2ccc2c3ccccc3n(-c3ccccc3)c21. The Morgan fingerprint density at radius 2 is 1.17 bits per heavy atom. The Kier molecular flexibility index (Phi) is 3.79. The molecule has 6 aromatic carbocycles. The summed E-state index contributed by atoms with van der Waals surface area (Å²) in [5.74, 6) is 0. The molecular weight excluding hydrogens is 434 g/mol. The zero-order valence-electron chi connectivity index (χ0n) is 20.4. The van der Waals surface area contributed by atoms with Crippen LogP contribution >= 0.6 is 0 Å². The number of fused-ring (bicyclic) bond motifs is 12. The summed E-state index contributed by atoms with van der Waals surface area (Å²) < 4.78 is 2.47. The molecule has 36 heavy (non-hydrogen) atoms. The van der Waals surface area contributed by atoms with Gasteiger partial charge >= 0.3 is 0 Å². The topological polar surface area (TPSA) is 4.93 Å². The van der Waals surface area contributed by atoms with Gasteiger partial charge in [0.2, 0.25) is 0 Å². The smallest absolute Gasteiger partial charge is 0.0625 e. The van der Waals surface area contributed by atoms with Gasteiger partial charge in [0.15, 0.2) is 0 Å². The maximum atomic E-state index is 2.47. The second-order valence-electron chi connectivity index (χ2n) is 10.5. The van der Waals surface area contributed by atoms with Gasteiger partial charge in [-0.3, -0.25) is 0 Å². The van der Waals surface area contributed by atoms with Crippen LogP contribution in [-0.2, 0) is 5.41 Å². The first-order chi connectivity index (χ1) is 17.7. The average Bonchev–Trinajstić information content (AvgIpc) is 3.39. The highest BCUT2D eigenvalue weighted by molar-refractivity contribution is 6.29. The molecule has 0 N–H and O–H groups in total. The van der Waals surface area contributed by atoms with Crippen LogP contribution in [0.3, 0.4) is 0 Å². The molecule has 0 spiro atoms. The number of para-hydroxylation sites is 2. The number of aromatic nitrogens is 1. The highest BCUT2D eigenvalue weighted by Crippen LogP contribution is 2.55. The van der Waals surface area contributed by atoms with Gasteiger partial charge in [-0.1, -0.05) is 111 Å². The minimum Gasteiger partial charge on any atom is -0.309 e. The molecule has 1 aromatic heterocycles. The van der Waals surface area contributed by atoms with Crippen LogP contribution < -0.4 is 0 Å². The largest absolute Gasteiger partial charge is 0.309 e. The van der Waals surface area contributed by atoms with Gasteiger partial charge in [-0.05, 0) is 56.6 Å². The van der Waals surface area contributed by atoms with Crippen molar-refractivity contribution in [2.45, 2.75) is 19.3 Å². The lowest BCUT2D eigenvalue weighted by Crippen LogP contribution is -2.15. The molecule has 1 aliphatic rings. The highest BCUT2D eigenvalue weighted by Gasteiger charge is 2.38. The van der Waals surface area contributed by atoms with Crippen LogP contribution in [-0.4, -0.2) is 4.57 Å². The van der Waals surface area contributed by atoms with Gasteiger partial charge in [0.25, 0.3) is 0 Å². The van der Waals surface area contributed by atoms with Gasteiger partial charge in [0, 0.05) is 27.3 Å². The molecule has 0 unspecified atom stereocenters. The maximum Gasteiger partial charge on any atom is 0.0625 e. The first kappa shape index (κ1) is 19.9. The number of rotatable bonds is 1. The maximum absolute atomic E-state index is 2.47. The molecule has 0 aliphatic heterocycles. The van der Waals surface area contributed by atoms with Gasteiger partial charge < -0.3 is 4.57 Å². The lowest BCUT2D eigenvalue weighted by atomic mass is 9.79. The third-order valence-corrected chi connectivity index (χ3v) is 8.33. The fourth-order valence-corrected chi connectivity index (χ4v) is 6.88. The van der Waals surface area contributed by atoms with Crippen molar-refractivity contribution in [3.63, 3.8) is 0 Å². The number of nitrogens with zero attached hydrogens (tertiary/aromatic N) is 1. The molecule has 0 atom stereocenters. The zero-order valence-corrected chi connectivity index (χ0v) is 20.4. The molecule has 1 heterocycles. The van der Waals surface area contributed by atoms with Crippen molar-refractivity contribution in [1.29, 1.82) is 0 Å². The lowest BCUT2D eigenvalue weighted by Gasteiger charge is -2.24. The Balaban J connectivity index is 1.70. The van der Waals surface area contributed by atoms with Crippen molar-refractivity contribution in [2.24, 2.45) is 0 Å². The Morgan fingerprint density at radius 1 is 0.528 bits per heavy atom. The third kappa shape index (κ3) is 2.35. The molecule has 1 heteroatoms. The van der Waals surface area contributed by atoms with E-state index < -0.39 is 0 Å². The van der Waals surface area contributed by atoms with E-state index in [0.717, 1.165) is 0 Å². The van der Waals surface area contributed by atoms with E-state index in [2.05, 4.69) is 134 Å². The molecule has 0 saturated carbocycles. The van der Waals surface area contributed by atoms with E-state index in [9.17, 15) is 0 Å². The van der Waals surface area contributed by atoms with Crippen molar-refractivity contribution in [3.05, 3.63) is 126 Å². The lowest BCUT2D eigenvalue weighted by molar-refractivity contribution is 0.666. The quantitative estimate of drug-likeness (QED) is 0.215. The van der Waals surface area contributed by atoms with Gasteiger partial charge in [-0.25, -0.2) is 0 Å². The third-order valence-electron chi connectivity index (χ3n) is 8.33. The summed E-state index contributed by atoms with van der Waals surface area (Å²) >= 11 is 0. The van der Waals surface area contributed by atoms with E-state index in [1.54, 1.807) is 0 Å². The summed E-state index contributed by atoms with van der Waals surface area (Å²) in [7, 11) is 0. The number of hydrogen-bond donors (Lipinski definition) is 0. The Bertz CT molecular complexity index is 2000. The Morgan fingerprint density at radius 3 is 2.00 bits per heavy atom. The molecular formula is C35H25N. The number of hydrogen-bond acceptors (Lipinski definition) is 0. The van der Waals surface area contributed by atoms with Crippen molar-refractivity contribution >= 4 is 43.4 Å². The second-order valence-corrected chi connectivity index (χ2v) is 10.5. The summed E-state index contributed by atoms with van der Waals surface area (Å²) in [5, 5.41) is 7.97. The second kappa shape index (κ2) is 6.86. The summed E-state index contributed by atoms with van der Waals surface area (Å²) in [6.07, 6.45) is 0. The fraction of sp³-hybridized carbons (Fsp3) is 0.0857. The summed E-state index contributed by atoms with van der Waals surface area (Å²) in [6, 6.07) is 42.4. The van der Waals surface area contributed by atoms with E-state index in [1.165, 1.54) is 71.3 Å². The molecule has 170 valence electrons. The number of benzene rings is 6. The summed E-state index contributed by atoms with van der Waals surface area (Å²) in [6.45, 7) is 4.77. The summed E-state index contributed by atoms with van der Waals surface area (Å²) in [4.78, 5) is 0. The molecule has 0 saturated heterocycles. The average molecular weight is 460 g/mol. The standard InChI is InChI=1S/C35H25N/c1-35(2)29-18-10-8-17-27(29)31-28-21-20-26-23-14-9-11-19-30(23)36(22-12-4-3-5-13-22)34(26)32(28)24-15-6-7-16-25(24)33(31)35/h3-21H,1-2H3. The van der Waals surface area contributed by atoms with Crippen LogP contribution in [0, 0.1) is 0 Å². The Labute approximate surface area is 210 Å². The van der Waals surface area contributed by atoms with Crippen LogP contribution in [0.5, 0.6) is 0 Å². The Hall–Kier alpha value is -4.36. The molecule has 0 radical (unpaired) electrons. The first-order valence-electron chi connectivity index (χ1n) is 12.7. The van der Waals surface area contributed by atoms with Crippen molar-refractivity contribution in [2.75, 3.05) is 0 Å². The fourth-order valence-electron chi connectivity index (χ4n) is 6.88. The van der Waals surface area contributed by atoms with Crippen LogP contribution in [0.15, 0.2) is 115 Å². The molecule has 1 nitrogen and oxygen atoms in total. The minimum absolute atomic E-state index is 0.0547. The molecule has 1 aliphatic carbocycles. The predicted octanol–water partition coefficient (Wildman–Crippen LogP) is 9.40. The molecule has 0 bridgehead atoms. The van der Waals surface area contributed by atoms with E-state index in [4.69, 9.17) is 0 Å². The molecule has 8 rings (SSSR count). The molecule has 0 fully saturated rings. The minimum atomic E-state index is -0.0547. The van der Waals surface area contributed by atoms with Crippen LogP contribution in [0.4, 0.5) is 0 Å². The van der Waals surface area contributed by atoms with E-state index in [1.807, 2.05) is 0 Å². The van der Waals surface area contributed by atoms with Crippen LogP contribution in [0.2, 0.25) is 0 Å². The van der Waals surface area contributed by atoms with Gasteiger partial charge in [0.1, 0.15) is 0 Å². The van der Waals surface area contributed by atoms with Crippen molar-refractivity contribution in [3.8, 4) is 16.8 Å². The van der Waals surface area contributed by atoms with E-state index in [0.29, 0.717) is 0 Å². The van der Waals surface area contributed by atoms with Crippen molar-refractivity contribution < 1.29 is 0 Å². The van der Waals surface area contributed by atoms with Gasteiger partial charge in [-0.15, -0.1) is 0 Å². The van der Waals surface area contributed by atoms with E-state index in [-0.39, 0.29) is 5.41 Å². The predicted molar refractivity (Wildman–Crippen MR) is 153 cm³/mol. The van der Waals surface area contributed by atoms with Gasteiger partial charge in [0.05, 0.1) is 11.0 Å². The highest BCUT2D eigenvalue weighted by atomic mass is 15.0.